The molecule has 0 bridgehead atoms. The Morgan fingerprint density at radius 3 is 3.05 bits per heavy atom. The average Bonchev–Trinajstić information content (AvgIpc) is 2.88. The molecule has 0 saturated carbocycles. The fraction of sp³-hybridized carbons (Fsp3) is 0.692. The largest absolute Gasteiger partial charge is 0.481 e. The van der Waals surface area contributed by atoms with Gasteiger partial charge in [0.1, 0.15) is 0 Å². The smallest absolute Gasteiger partial charge is 0.315 e. The predicted molar refractivity (Wildman–Crippen MR) is 73.9 cm³/mol. The topological polar surface area (TPSA) is 78.4 Å². The van der Waals surface area contributed by atoms with E-state index in [1.54, 1.807) is 0 Å². The van der Waals surface area contributed by atoms with Gasteiger partial charge in [0.2, 0.25) is 0 Å². The van der Waals surface area contributed by atoms with Crippen LogP contribution in [0.25, 0.3) is 0 Å². The average molecular weight is 282 g/mol. The van der Waals surface area contributed by atoms with Crippen LogP contribution in [0.5, 0.6) is 0 Å². The van der Waals surface area contributed by atoms with Crippen molar-refractivity contribution < 1.29 is 14.7 Å². The summed E-state index contributed by atoms with van der Waals surface area (Å²) in [7, 11) is 0. The first-order valence-electron chi connectivity index (χ1n) is 6.46. The van der Waals surface area contributed by atoms with Gasteiger partial charge in [-0.2, -0.15) is 11.8 Å². The SMILES string of the molecule is C#CCC(CCC[C@@H]1SC[C@@H]2NC(=O)N[C@@H]21)C(=O)O. The van der Waals surface area contributed by atoms with Crippen LogP contribution in [0.15, 0.2) is 0 Å². The Labute approximate surface area is 116 Å². The first kappa shape index (κ1) is 14.1. The number of aliphatic carboxylic acids is 1. The highest BCUT2D eigenvalue weighted by molar-refractivity contribution is 8.00. The summed E-state index contributed by atoms with van der Waals surface area (Å²) >= 11 is 1.84. The van der Waals surface area contributed by atoms with Crippen molar-refractivity contribution in [2.24, 2.45) is 5.92 Å². The molecule has 0 aromatic rings. The van der Waals surface area contributed by atoms with Crippen LogP contribution in [0, 0.1) is 18.3 Å². The summed E-state index contributed by atoms with van der Waals surface area (Å²) in [5.41, 5.74) is 0. The Hall–Kier alpha value is -1.35. The lowest BCUT2D eigenvalue weighted by molar-refractivity contribution is -0.141. The third kappa shape index (κ3) is 3.35. The molecule has 2 amide bonds. The van der Waals surface area contributed by atoms with Gasteiger partial charge in [-0.05, 0) is 12.8 Å². The van der Waals surface area contributed by atoms with E-state index in [1.165, 1.54) is 0 Å². The zero-order chi connectivity index (χ0) is 13.8. The first-order chi connectivity index (χ1) is 9.11. The Kier molecular flexibility index (Phi) is 4.59. The predicted octanol–water partition coefficient (Wildman–Crippen LogP) is 1.05. The number of amides is 2. The maximum atomic E-state index is 11.2. The number of carboxylic acids is 1. The van der Waals surface area contributed by atoms with Gasteiger partial charge in [-0.3, -0.25) is 4.79 Å². The molecule has 19 heavy (non-hydrogen) atoms. The number of thioether (sulfide) groups is 1. The number of nitrogens with one attached hydrogen (secondary N) is 2. The first-order valence-corrected chi connectivity index (χ1v) is 7.51. The lowest BCUT2D eigenvalue weighted by Gasteiger charge is -2.17. The second-order valence-electron chi connectivity index (χ2n) is 5.00. The van der Waals surface area contributed by atoms with Gasteiger partial charge in [0.25, 0.3) is 0 Å². The van der Waals surface area contributed by atoms with Crippen molar-refractivity contribution in [3.05, 3.63) is 0 Å². The van der Waals surface area contributed by atoms with Crippen LogP contribution in [-0.4, -0.2) is 40.2 Å². The van der Waals surface area contributed by atoms with E-state index in [1.807, 2.05) is 11.8 Å². The van der Waals surface area contributed by atoms with Crippen molar-refractivity contribution in [3.8, 4) is 12.3 Å². The zero-order valence-corrected chi connectivity index (χ0v) is 11.4. The lowest BCUT2D eigenvalue weighted by Crippen LogP contribution is -2.36. The van der Waals surface area contributed by atoms with Gasteiger partial charge in [-0.15, -0.1) is 12.3 Å². The quantitative estimate of drug-likeness (QED) is 0.502. The van der Waals surface area contributed by atoms with E-state index in [-0.39, 0.29) is 24.5 Å². The summed E-state index contributed by atoms with van der Waals surface area (Å²) in [6.45, 7) is 0. The van der Waals surface area contributed by atoms with Crippen molar-refractivity contribution in [3.63, 3.8) is 0 Å². The summed E-state index contributed by atoms with van der Waals surface area (Å²) in [4.78, 5) is 22.2. The van der Waals surface area contributed by atoms with E-state index in [9.17, 15) is 9.59 Å². The van der Waals surface area contributed by atoms with Crippen LogP contribution in [0.1, 0.15) is 25.7 Å². The van der Waals surface area contributed by atoms with Crippen molar-refractivity contribution in [1.29, 1.82) is 0 Å². The van der Waals surface area contributed by atoms with Crippen molar-refractivity contribution in [2.75, 3.05) is 5.75 Å². The van der Waals surface area contributed by atoms with E-state index in [2.05, 4.69) is 16.6 Å². The molecule has 0 spiro atoms. The Morgan fingerprint density at radius 2 is 2.37 bits per heavy atom. The Balaban J connectivity index is 1.75. The van der Waals surface area contributed by atoms with E-state index >= 15 is 0 Å². The third-order valence-corrected chi connectivity index (χ3v) is 5.20. The van der Waals surface area contributed by atoms with Gasteiger partial charge >= 0.3 is 12.0 Å². The van der Waals surface area contributed by atoms with E-state index in [4.69, 9.17) is 11.5 Å². The molecule has 2 saturated heterocycles. The molecule has 3 N–H and O–H groups in total. The standard InChI is InChI=1S/C13H18N2O3S/c1-2-4-8(12(16)17)5-3-6-10-11-9(7-19-10)14-13(18)15-11/h1,8-11H,3-7H2,(H,16,17)(H2,14,15,18)/t8?,9-,10-,11-/m0/s1. The Bertz CT molecular complexity index is 407. The minimum Gasteiger partial charge on any atom is -0.481 e. The number of fused-ring (bicyclic) bond motifs is 1. The number of rotatable bonds is 6. The highest BCUT2D eigenvalue weighted by Crippen LogP contribution is 2.33. The minimum atomic E-state index is -0.814. The lowest BCUT2D eigenvalue weighted by atomic mass is 9.96. The van der Waals surface area contributed by atoms with Gasteiger partial charge < -0.3 is 15.7 Å². The molecule has 2 aliphatic heterocycles. The molecule has 4 atom stereocenters. The molecular weight excluding hydrogens is 264 g/mol. The van der Waals surface area contributed by atoms with Gasteiger partial charge in [0, 0.05) is 17.4 Å². The second-order valence-corrected chi connectivity index (χ2v) is 6.27. The molecule has 0 aromatic heterocycles. The van der Waals surface area contributed by atoms with Crippen molar-refractivity contribution in [1.82, 2.24) is 10.6 Å². The van der Waals surface area contributed by atoms with Crippen LogP contribution in [0.2, 0.25) is 0 Å². The van der Waals surface area contributed by atoms with Crippen LogP contribution in [0.4, 0.5) is 4.79 Å². The van der Waals surface area contributed by atoms with E-state index in [0.717, 1.165) is 18.6 Å². The number of urea groups is 1. The van der Waals surface area contributed by atoms with Crippen LogP contribution in [0.3, 0.4) is 0 Å². The number of terminal acetylenes is 1. The number of carbonyl (C=O) groups is 2. The number of hydrogen-bond donors (Lipinski definition) is 3. The van der Waals surface area contributed by atoms with Crippen LogP contribution in [-0.2, 0) is 4.79 Å². The van der Waals surface area contributed by atoms with Gasteiger partial charge in [-0.1, -0.05) is 6.42 Å². The fourth-order valence-electron chi connectivity index (χ4n) is 2.66. The number of carbonyl (C=O) groups excluding carboxylic acids is 1. The molecule has 5 nitrogen and oxygen atoms in total. The second kappa shape index (κ2) is 6.20. The summed E-state index contributed by atoms with van der Waals surface area (Å²) in [5, 5.41) is 15.2. The maximum absolute atomic E-state index is 11.2. The maximum Gasteiger partial charge on any atom is 0.315 e. The normalized spacial score (nSPS) is 30.1. The fourth-order valence-corrected chi connectivity index (χ4v) is 4.21. The molecule has 104 valence electrons. The Morgan fingerprint density at radius 1 is 1.58 bits per heavy atom. The molecular formula is C13H18N2O3S. The van der Waals surface area contributed by atoms with Crippen molar-refractivity contribution >= 4 is 23.8 Å². The minimum absolute atomic E-state index is 0.0870. The van der Waals surface area contributed by atoms with Crippen molar-refractivity contribution in [2.45, 2.75) is 43.0 Å². The van der Waals surface area contributed by atoms with Gasteiger partial charge in [-0.25, -0.2) is 4.79 Å². The summed E-state index contributed by atoms with van der Waals surface area (Å²) in [6, 6.07) is 0.327. The molecule has 2 fully saturated rings. The molecule has 2 rings (SSSR count). The third-order valence-electron chi connectivity index (χ3n) is 3.69. The highest BCUT2D eigenvalue weighted by Gasteiger charge is 2.42. The van der Waals surface area contributed by atoms with Gasteiger partial charge in [0.05, 0.1) is 18.0 Å². The molecule has 0 aliphatic carbocycles. The van der Waals surface area contributed by atoms with Crippen LogP contribution < -0.4 is 10.6 Å². The summed E-state index contributed by atoms with van der Waals surface area (Å²) in [6.07, 6.45) is 7.82. The molecule has 1 unspecified atom stereocenters. The monoisotopic (exact) mass is 282 g/mol. The number of hydrogen-bond acceptors (Lipinski definition) is 3. The van der Waals surface area contributed by atoms with Gasteiger partial charge in [0.15, 0.2) is 0 Å². The molecule has 2 aliphatic rings. The number of carboxylic acid groups (broad SMARTS) is 1. The summed E-state index contributed by atoms with van der Waals surface area (Å²) in [5.74, 6) is 2.09. The molecule has 2 heterocycles. The van der Waals surface area contributed by atoms with E-state index < -0.39 is 11.9 Å². The van der Waals surface area contributed by atoms with Crippen LogP contribution >= 0.6 is 11.8 Å². The van der Waals surface area contributed by atoms with E-state index in [0.29, 0.717) is 11.7 Å². The summed E-state index contributed by atoms with van der Waals surface area (Å²) < 4.78 is 0. The molecule has 0 radical (unpaired) electrons. The molecule has 0 aromatic carbocycles. The molecule has 6 heteroatoms. The highest BCUT2D eigenvalue weighted by atomic mass is 32.2. The zero-order valence-electron chi connectivity index (χ0n) is 10.6.